The second-order valence-corrected chi connectivity index (χ2v) is 7.84. The molecule has 2 aliphatic rings. The van der Waals surface area contributed by atoms with E-state index in [-0.39, 0.29) is 11.8 Å². The second kappa shape index (κ2) is 7.66. The molecule has 0 bridgehead atoms. The van der Waals surface area contributed by atoms with E-state index in [0.717, 1.165) is 26.2 Å². The third-order valence-corrected chi connectivity index (χ3v) is 5.55. The molecule has 6 heteroatoms. The molecule has 2 saturated heterocycles. The summed E-state index contributed by atoms with van der Waals surface area (Å²) < 4.78 is 0. The summed E-state index contributed by atoms with van der Waals surface area (Å²) in [6.07, 6.45) is 0. The number of hydrogen-bond acceptors (Lipinski definition) is 4. The van der Waals surface area contributed by atoms with Crippen LogP contribution in [0, 0.1) is 5.41 Å². The minimum Gasteiger partial charge on any atom is -0.368 e. The van der Waals surface area contributed by atoms with Gasteiger partial charge in [0.15, 0.2) is 0 Å². The number of amides is 2. The lowest BCUT2D eigenvalue weighted by atomic mass is 9.89. The zero-order chi connectivity index (χ0) is 18.7. The van der Waals surface area contributed by atoms with Crippen LogP contribution in [-0.4, -0.2) is 85.9 Å². The Balaban J connectivity index is 1.59. The van der Waals surface area contributed by atoms with Crippen molar-refractivity contribution in [3.05, 3.63) is 30.3 Å². The van der Waals surface area contributed by atoms with Crippen molar-refractivity contribution >= 4 is 17.5 Å². The van der Waals surface area contributed by atoms with Crippen LogP contribution in [0.3, 0.4) is 0 Å². The molecule has 0 spiro atoms. The van der Waals surface area contributed by atoms with Gasteiger partial charge in [-0.2, -0.15) is 0 Å². The average Bonchev–Trinajstić information content (AvgIpc) is 2.68. The van der Waals surface area contributed by atoms with Crippen LogP contribution < -0.4 is 4.90 Å². The number of nitrogens with zero attached hydrogens (tertiary/aromatic N) is 4. The van der Waals surface area contributed by atoms with Crippen molar-refractivity contribution in [2.75, 3.05) is 64.3 Å². The molecule has 2 amide bonds. The van der Waals surface area contributed by atoms with E-state index >= 15 is 0 Å². The van der Waals surface area contributed by atoms with Crippen molar-refractivity contribution in [1.29, 1.82) is 0 Å². The first-order valence-electron chi connectivity index (χ1n) is 9.47. The van der Waals surface area contributed by atoms with Gasteiger partial charge in [-0.15, -0.1) is 0 Å². The fraction of sp³-hybridized carbons (Fsp3) is 0.600. The van der Waals surface area contributed by atoms with Crippen LogP contribution in [0.2, 0.25) is 0 Å². The van der Waals surface area contributed by atoms with Gasteiger partial charge in [0.1, 0.15) is 5.41 Å². The van der Waals surface area contributed by atoms with E-state index in [0.29, 0.717) is 26.2 Å². The zero-order valence-electron chi connectivity index (χ0n) is 16.1. The van der Waals surface area contributed by atoms with Crippen molar-refractivity contribution in [1.82, 2.24) is 14.7 Å². The van der Waals surface area contributed by atoms with Gasteiger partial charge in [-0.3, -0.25) is 9.59 Å². The van der Waals surface area contributed by atoms with E-state index in [1.54, 1.807) is 13.8 Å². The molecule has 2 fully saturated rings. The van der Waals surface area contributed by atoms with Gasteiger partial charge in [-0.1, -0.05) is 18.2 Å². The Hall–Kier alpha value is -2.08. The van der Waals surface area contributed by atoms with E-state index in [1.165, 1.54) is 5.69 Å². The topological polar surface area (TPSA) is 47.1 Å². The summed E-state index contributed by atoms with van der Waals surface area (Å²) in [5, 5.41) is 0. The summed E-state index contributed by atoms with van der Waals surface area (Å²) in [7, 11) is 2.06. The third-order valence-electron chi connectivity index (χ3n) is 5.55. The lowest BCUT2D eigenvalue weighted by Gasteiger charge is -2.41. The summed E-state index contributed by atoms with van der Waals surface area (Å²) >= 11 is 0. The Morgan fingerprint density at radius 1 is 0.769 bits per heavy atom. The molecule has 1 aromatic rings. The molecule has 6 nitrogen and oxygen atoms in total. The Morgan fingerprint density at radius 2 is 1.23 bits per heavy atom. The summed E-state index contributed by atoms with van der Waals surface area (Å²) in [5.74, 6) is -0.0878. The van der Waals surface area contributed by atoms with E-state index in [9.17, 15) is 9.59 Å². The van der Waals surface area contributed by atoms with Gasteiger partial charge in [-0.05, 0) is 33.0 Å². The number of piperazine rings is 2. The SMILES string of the molecule is CN1CCN(C(=O)C(C)(C)C(=O)N2CCN(c3ccccc3)CC2)CC1. The van der Waals surface area contributed by atoms with Crippen LogP contribution in [0.25, 0.3) is 0 Å². The van der Waals surface area contributed by atoms with Gasteiger partial charge in [-0.25, -0.2) is 0 Å². The Morgan fingerprint density at radius 3 is 1.73 bits per heavy atom. The van der Waals surface area contributed by atoms with Gasteiger partial charge in [0.25, 0.3) is 0 Å². The molecular formula is C20H30N4O2. The van der Waals surface area contributed by atoms with E-state index in [1.807, 2.05) is 28.0 Å². The fourth-order valence-corrected chi connectivity index (χ4v) is 3.70. The zero-order valence-corrected chi connectivity index (χ0v) is 16.1. The van der Waals surface area contributed by atoms with Crippen molar-refractivity contribution in [2.45, 2.75) is 13.8 Å². The first kappa shape index (κ1) is 18.7. The van der Waals surface area contributed by atoms with E-state index in [4.69, 9.17) is 0 Å². The molecule has 2 aliphatic heterocycles. The number of benzene rings is 1. The van der Waals surface area contributed by atoms with Gasteiger partial charge >= 0.3 is 0 Å². The average molecular weight is 358 g/mol. The molecule has 0 atom stereocenters. The van der Waals surface area contributed by atoms with Crippen LogP contribution in [0.15, 0.2) is 30.3 Å². The van der Waals surface area contributed by atoms with Gasteiger partial charge < -0.3 is 19.6 Å². The number of hydrogen-bond donors (Lipinski definition) is 0. The summed E-state index contributed by atoms with van der Waals surface area (Å²) in [4.78, 5) is 34.2. The normalized spacial score (nSPS) is 19.6. The summed E-state index contributed by atoms with van der Waals surface area (Å²) in [6, 6.07) is 10.3. The number of anilines is 1. The van der Waals surface area contributed by atoms with E-state index < -0.39 is 5.41 Å². The first-order chi connectivity index (χ1) is 12.4. The molecule has 0 saturated carbocycles. The minimum absolute atomic E-state index is 0.0407. The molecule has 2 heterocycles. The summed E-state index contributed by atoms with van der Waals surface area (Å²) in [5.41, 5.74) is 0.192. The Labute approximate surface area is 156 Å². The fourth-order valence-electron chi connectivity index (χ4n) is 3.70. The maximum Gasteiger partial charge on any atom is 0.237 e. The van der Waals surface area contributed by atoms with Crippen molar-refractivity contribution in [3.63, 3.8) is 0 Å². The smallest absolute Gasteiger partial charge is 0.237 e. The predicted molar refractivity (Wildman–Crippen MR) is 103 cm³/mol. The first-order valence-corrected chi connectivity index (χ1v) is 9.47. The molecule has 0 aromatic heterocycles. The molecule has 142 valence electrons. The highest BCUT2D eigenvalue weighted by molar-refractivity contribution is 6.04. The number of carbonyl (C=O) groups is 2. The molecule has 0 aliphatic carbocycles. The predicted octanol–water partition coefficient (Wildman–Crippen LogP) is 1.14. The molecule has 26 heavy (non-hydrogen) atoms. The van der Waals surface area contributed by atoms with Crippen molar-refractivity contribution < 1.29 is 9.59 Å². The van der Waals surface area contributed by atoms with E-state index in [2.05, 4.69) is 29.0 Å². The molecule has 1 aromatic carbocycles. The highest BCUT2D eigenvalue weighted by atomic mass is 16.2. The number of carbonyl (C=O) groups excluding carboxylic acids is 2. The second-order valence-electron chi connectivity index (χ2n) is 7.84. The monoisotopic (exact) mass is 358 g/mol. The largest absolute Gasteiger partial charge is 0.368 e. The van der Waals surface area contributed by atoms with Crippen molar-refractivity contribution in [2.24, 2.45) is 5.41 Å². The van der Waals surface area contributed by atoms with Gasteiger partial charge in [0.2, 0.25) is 11.8 Å². The molecule has 0 N–H and O–H groups in total. The highest BCUT2D eigenvalue weighted by Crippen LogP contribution is 2.25. The quantitative estimate of drug-likeness (QED) is 0.760. The maximum atomic E-state index is 13.1. The van der Waals surface area contributed by atoms with Crippen LogP contribution in [0.5, 0.6) is 0 Å². The van der Waals surface area contributed by atoms with Crippen LogP contribution in [0.4, 0.5) is 5.69 Å². The van der Waals surface area contributed by atoms with Crippen LogP contribution >= 0.6 is 0 Å². The summed E-state index contributed by atoms with van der Waals surface area (Å²) in [6.45, 7) is 9.61. The Bertz CT molecular complexity index is 630. The van der Waals surface area contributed by atoms with Crippen LogP contribution in [0.1, 0.15) is 13.8 Å². The minimum atomic E-state index is -0.995. The lowest BCUT2D eigenvalue weighted by Crippen LogP contribution is -2.58. The van der Waals surface area contributed by atoms with Gasteiger partial charge in [0.05, 0.1) is 0 Å². The third kappa shape index (κ3) is 3.85. The number of para-hydroxylation sites is 1. The molecule has 3 rings (SSSR count). The van der Waals surface area contributed by atoms with Crippen LogP contribution in [-0.2, 0) is 9.59 Å². The number of likely N-dealkylation sites (N-methyl/N-ethyl adjacent to an activating group) is 1. The molecule has 0 radical (unpaired) electrons. The Kier molecular flexibility index (Phi) is 5.51. The molecule has 0 unspecified atom stereocenters. The standard InChI is InChI=1S/C20H30N4O2/c1-20(2,18(25)23-11-9-21(3)10-12-23)19(26)24-15-13-22(14-16-24)17-7-5-4-6-8-17/h4-8H,9-16H2,1-3H3. The van der Waals surface area contributed by atoms with Crippen molar-refractivity contribution in [3.8, 4) is 0 Å². The maximum absolute atomic E-state index is 13.1. The number of rotatable bonds is 3. The lowest BCUT2D eigenvalue weighted by molar-refractivity contribution is -0.155. The highest BCUT2D eigenvalue weighted by Gasteiger charge is 2.42. The van der Waals surface area contributed by atoms with Gasteiger partial charge in [0, 0.05) is 58.0 Å². The molecular weight excluding hydrogens is 328 g/mol.